The smallest absolute Gasteiger partial charge is 0.425 e. The molecule has 0 saturated carbocycles. The molecule has 1 fully saturated rings. The summed E-state index contributed by atoms with van der Waals surface area (Å²) in [5.74, 6) is -1.83. The molecule has 2 unspecified atom stereocenters. The van der Waals surface area contributed by atoms with Crippen LogP contribution in [0.1, 0.15) is 17.0 Å². The summed E-state index contributed by atoms with van der Waals surface area (Å²) in [6.45, 7) is 2.07. The topological polar surface area (TPSA) is 80.7 Å². The fourth-order valence-electron chi connectivity index (χ4n) is 4.46. The Morgan fingerprint density at radius 2 is 1.78 bits per heavy atom. The lowest BCUT2D eigenvalue weighted by Crippen LogP contribution is -2.42. The Morgan fingerprint density at radius 1 is 1.08 bits per heavy atom. The molecule has 2 N–H and O–H groups in total. The highest BCUT2D eigenvalue weighted by Gasteiger charge is 2.43. The number of anilines is 1. The normalized spacial score (nSPS) is 18.1. The monoisotopic (exact) mass is 521 g/mol. The van der Waals surface area contributed by atoms with Gasteiger partial charge in [0, 0.05) is 32.7 Å². The Labute approximate surface area is 211 Å². The number of carbonyl (C=O) groups is 1. The lowest BCUT2D eigenvalue weighted by atomic mass is 9.94. The van der Waals surface area contributed by atoms with Crippen LogP contribution in [0, 0.1) is 5.82 Å². The third-order valence-corrected chi connectivity index (χ3v) is 6.18. The van der Waals surface area contributed by atoms with Crippen molar-refractivity contribution in [2.75, 3.05) is 45.8 Å². The molecule has 1 aromatic heterocycles. The Balaban J connectivity index is 1.62. The Bertz CT molecular complexity index is 1200. The van der Waals surface area contributed by atoms with Crippen molar-refractivity contribution in [3.63, 3.8) is 0 Å². The predicted molar refractivity (Wildman–Crippen MR) is 129 cm³/mol. The van der Waals surface area contributed by atoms with Gasteiger partial charge >= 0.3 is 12.2 Å². The van der Waals surface area contributed by atoms with Gasteiger partial charge in [0.05, 0.1) is 25.4 Å². The van der Waals surface area contributed by atoms with Crippen molar-refractivity contribution in [1.82, 2.24) is 20.0 Å². The first-order chi connectivity index (χ1) is 17.7. The Hall–Kier alpha value is -3.64. The molecule has 37 heavy (non-hydrogen) atoms. The molecular weight excluding hydrogens is 494 g/mol. The van der Waals surface area contributed by atoms with E-state index in [-0.39, 0.29) is 11.7 Å². The van der Waals surface area contributed by atoms with E-state index in [2.05, 4.69) is 20.6 Å². The maximum atomic E-state index is 14.0. The van der Waals surface area contributed by atoms with Crippen LogP contribution in [0.15, 0.2) is 54.6 Å². The number of rotatable bonds is 8. The van der Waals surface area contributed by atoms with E-state index in [0.717, 1.165) is 17.4 Å². The number of nitrogens with zero attached hydrogens (tertiary/aromatic N) is 3. The van der Waals surface area contributed by atoms with Crippen LogP contribution in [0.4, 0.5) is 28.2 Å². The number of para-hydroxylation sites is 1. The predicted octanol–water partition coefficient (Wildman–Crippen LogP) is 4.27. The number of ether oxygens (including phenoxy) is 2. The Morgan fingerprint density at radius 3 is 2.41 bits per heavy atom. The van der Waals surface area contributed by atoms with E-state index in [1.165, 1.54) is 12.1 Å². The summed E-state index contributed by atoms with van der Waals surface area (Å²) >= 11 is 0. The quantitative estimate of drug-likeness (QED) is 0.433. The zero-order chi connectivity index (χ0) is 26.6. The highest BCUT2D eigenvalue weighted by atomic mass is 19.4. The second-order valence-corrected chi connectivity index (χ2v) is 8.59. The summed E-state index contributed by atoms with van der Waals surface area (Å²) in [7, 11) is 2.66. The van der Waals surface area contributed by atoms with E-state index < -0.39 is 35.5 Å². The van der Waals surface area contributed by atoms with Gasteiger partial charge in [-0.1, -0.05) is 30.3 Å². The zero-order valence-electron chi connectivity index (χ0n) is 20.3. The minimum absolute atomic E-state index is 0.209. The van der Waals surface area contributed by atoms with Crippen LogP contribution in [-0.2, 0) is 10.9 Å². The van der Waals surface area contributed by atoms with E-state index in [0.29, 0.717) is 31.9 Å². The lowest BCUT2D eigenvalue weighted by Gasteiger charge is -2.21. The number of urea groups is 1. The van der Waals surface area contributed by atoms with E-state index in [1.54, 1.807) is 49.6 Å². The molecule has 0 aliphatic carbocycles. The highest BCUT2D eigenvalue weighted by Crippen LogP contribution is 2.42. The third-order valence-electron chi connectivity index (χ3n) is 6.18. The van der Waals surface area contributed by atoms with E-state index in [1.807, 2.05) is 0 Å². The first-order valence-corrected chi connectivity index (χ1v) is 11.5. The van der Waals surface area contributed by atoms with Crippen LogP contribution < -0.4 is 15.4 Å². The molecule has 0 radical (unpaired) electrons. The number of aromatic nitrogens is 2. The summed E-state index contributed by atoms with van der Waals surface area (Å²) in [4.78, 5) is 15.2. The van der Waals surface area contributed by atoms with Gasteiger partial charge in [0.15, 0.2) is 11.4 Å². The number of nitrogens with one attached hydrogen (secondary N) is 2. The van der Waals surface area contributed by atoms with Crippen LogP contribution in [0.3, 0.4) is 0 Å². The molecule has 0 bridgehead atoms. The summed E-state index contributed by atoms with van der Waals surface area (Å²) in [6.07, 6.45) is -4.85. The average molecular weight is 522 g/mol. The van der Waals surface area contributed by atoms with E-state index in [4.69, 9.17) is 9.47 Å². The summed E-state index contributed by atoms with van der Waals surface area (Å²) in [5.41, 5.74) is -0.0850. The van der Waals surface area contributed by atoms with Crippen molar-refractivity contribution in [1.29, 1.82) is 0 Å². The minimum atomic E-state index is -4.85. The first kappa shape index (κ1) is 26.4. The standard InChI is InChI=1S/C25H27F4N5O3/c1-36-13-12-33-14-19(16-8-10-17(26)11-9-16)20(15-33)30-24(35)31-22-21(25(27,28)29)23(37-2)32-34(22)18-6-4-3-5-7-18/h3-11,19-20H,12-15H2,1-2H3,(H2,30,31,35). The lowest BCUT2D eigenvalue weighted by molar-refractivity contribution is -0.138. The molecule has 3 aromatic rings. The third kappa shape index (κ3) is 6.03. The fraction of sp³-hybridized carbons (Fsp3) is 0.360. The molecule has 2 aromatic carbocycles. The average Bonchev–Trinajstić information content (AvgIpc) is 3.44. The van der Waals surface area contributed by atoms with Gasteiger partial charge in [-0.05, 0) is 29.8 Å². The van der Waals surface area contributed by atoms with Crippen molar-refractivity contribution in [3.8, 4) is 11.6 Å². The van der Waals surface area contributed by atoms with Gasteiger partial charge in [-0.2, -0.15) is 13.2 Å². The summed E-state index contributed by atoms with van der Waals surface area (Å²) in [5, 5.41) is 9.10. The number of likely N-dealkylation sites (tertiary alicyclic amines) is 1. The molecule has 2 atom stereocenters. The number of halogens is 4. The van der Waals surface area contributed by atoms with Crippen LogP contribution in [0.25, 0.3) is 5.69 Å². The van der Waals surface area contributed by atoms with Crippen molar-refractivity contribution in [2.24, 2.45) is 0 Å². The van der Waals surface area contributed by atoms with Gasteiger partial charge in [0.1, 0.15) is 5.82 Å². The summed E-state index contributed by atoms with van der Waals surface area (Å²) in [6, 6.07) is 12.8. The molecule has 2 amide bonds. The highest BCUT2D eigenvalue weighted by molar-refractivity contribution is 5.90. The molecule has 1 aliphatic rings. The maximum Gasteiger partial charge on any atom is 0.425 e. The number of hydrogen-bond acceptors (Lipinski definition) is 5. The van der Waals surface area contributed by atoms with Gasteiger partial charge in [-0.3, -0.25) is 10.2 Å². The van der Waals surface area contributed by atoms with E-state index >= 15 is 0 Å². The van der Waals surface area contributed by atoms with Crippen LogP contribution in [0.5, 0.6) is 5.88 Å². The SMILES string of the molecule is COCCN1CC(NC(=O)Nc2c(C(F)(F)F)c(OC)nn2-c2ccccc2)C(c2ccc(F)cc2)C1. The van der Waals surface area contributed by atoms with Crippen molar-refractivity contribution >= 4 is 11.8 Å². The van der Waals surface area contributed by atoms with Crippen LogP contribution in [0.2, 0.25) is 0 Å². The molecule has 1 aliphatic heterocycles. The number of hydrogen-bond donors (Lipinski definition) is 2. The zero-order valence-corrected chi connectivity index (χ0v) is 20.3. The van der Waals surface area contributed by atoms with Crippen LogP contribution >= 0.6 is 0 Å². The van der Waals surface area contributed by atoms with Gasteiger partial charge in [-0.15, -0.1) is 5.10 Å². The second-order valence-electron chi connectivity index (χ2n) is 8.59. The van der Waals surface area contributed by atoms with Gasteiger partial charge < -0.3 is 14.8 Å². The van der Waals surface area contributed by atoms with E-state index in [9.17, 15) is 22.4 Å². The molecule has 12 heteroatoms. The molecule has 2 heterocycles. The maximum absolute atomic E-state index is 14.0. The van der Waals surface area contributed by atoms with Crippen molar-refractivity contribution in [2.45, 2.75) is 18.1 Å². The van der Waals surface area contributed by atoms with Gasteiger partial charge in [0.25, 0.3) is 0 Å². The molecule has 0 spiro atoms. The number of methoxy groups -OCH3 is 2. The minimum Gasteiger partial charge on any atom is -0.479 e. The number of benzene rings is 2. The van der Waals surface area contributed by atoms with Gasteiger partial charge in [-0.25, -0.2) is 13.9 Å². The van der Waals surface area contributed by atoms with Gasteiger partial charge in [0.2, 0.25) is 5.88 Å². The van der Waals surface area contributed by atoms with Crippen molar-refractivity contribution in [3.05, 3.63) is 71.5 Å². The van der Waals surface area contributed by atoms with Crippen molar-refractivity contribution < 1.29 is 31.8 Å². The number of carbonyl (C=O) groups excluding carboxylic acids is 1. The molecule has 198 valence electrons. The second kappa shape index (κ2) is 11.2. The number of amides is 2. The first-order valence-electron chi connectivity index (χ1n) is 11.5. The summed E-state index contributed by atoms with van der Waals surface area (Å²) < 4.78 is 66.6. The Kier molecular flexibility index (Phi) is 7.98. The molecule has 8 nitrogen and oxygen atoms in total. The number of alkyl halides is 3. The largest absolute Gasteiger partial charge is 0.479 e. The van der Waals surface area contributed by atoms with Crippen LogP contribution in [-0.4, -0.2) is 67.2 Å². The molecular formula is C25H27F4N5O3. The molecule has 1 saturated heterocycles. The fourth-order valence-corrected chi connectivity index (χ4v) is 4.46. The molecule has 4 rings (SSSR count).